The number of ether oxygens (including phenoxy) is 2. The molecule has 21 heavy (non-hydrogen) atoms. The number of esters is 2. The van der Waals surface area contributed by atoms with Gasteiger partial charge < -0.3 is 9.47 Å². The molecule has 5 atom stereocenters. The lowest BCUT2D eigenvalue weighted by molar-refractivity contribution is -0.163. The van der Waals surface area contributed by atoms with E-state index in [0.717, 1.165) is 25.7 Å². The average molecular weight is 296 g/mol. The maximum absolute atomic E-state index is 12.2. The second-order valence-electron chi connectivity index (χ2n) is 7.15. The molecule has 4 nitrogen and oxygen atoms in total. The van der Waals surface area contributed by atoms with Gasteiger partial charge in [0.05, 0.1) is 18.4 Å². The van der Waals surface area contributed by atoms with Crippen molar-refractivity contribution >= 4 is 11.9 Å². The van der Waals surface area contributed by atoms with Crippen LogP contribution in [0.1, 0.15) is 53.4 Å². The van der Waals surface area contributed by atoms with Crippen LogP contribution in [0.3, 0.4) is 0 Å². The first-order valence-electron chi connectivity index (χ1n) is 8.29. The molecule has 0 amide bonds. The molecule has 0 aromatic heterocycles. The Balaban J connectivity index is 1.90. The van der Waals surface area contributed by atoms with E-state index in [-0.39, 0.29) is 35.8 Å². The van der Waals surface area contributed by atoms with Crippen LogP contribution >= 0.6 is 0 Å². The minimum atomic E-state index is -0.121. The molecular formula is C17H28O4. The van der Waals surface area contributed by atoms with Crippen LogP contribution in [0.4, 0.5) is 0 Å². The summed E-state index contributed by atoms with van der Waals surface area (Å²) in [4.78, 5) is 24.2. The summed E-state index contributed by atoms with van der Waals surface area (Å²) in [5, 5.41) is 0. The Hall–Kier alpha value is -1.06. The zero-order chi connectivity index (χ0) is 15.6. The van der Waals surface area contributed by atoms with Crippen LogP contribution in [0.2, 0.25) is 0 Å². The largest absolute Gasteiger partial charge is 0.465 e. The standard InChI is InChI=1S/C17H28O4/c1-5-11(4)16(18)21-15-8-12-6-13(15)14(7-12)17(19)20-9-10(2)3/h10-15H,5-9H2,1-4H3. The van der Waals surface area contributed by atoms with Crippen LogP contribution in [0.25, 0.3) is 0 Å². The number of fused-ring (bicyclic) bond motifs is 2. The maximum atomic E-state index is 12.2. The fourth-order valence-electron chi connectivity index (χ4n) is 3.48. The highest BCUT2D eigenvalue weighted by Gasteiger charge is 2.51. The number of carbonyl (C=O) groups excluding carboxylic acids is 2. The fraction of sp³-hybridized carbons (Fsp3) is 0.882. The Morgan fingerprint density at radius 3 is 2.43 bits per heavy atom. The predicted octanol–water partition coefficient (Wildman–Crippen LogP) is 3.19. The van der Waals surface area contributed by atoms with Crippen molar-refractivity contribution in [1.29, 1.82) is 0 Å². The van der Waals surface area contributed by atoms with Gasteiger partial charge in [-0.05, 0) is 37.5 Å². The van der Waals surface area contributed by atoms with E-state index in [0.29, 0.717) is 18.4 Å². The molecule has 0 aromatic rings. The summed E-state index contributed by atoms with van der Waals surface area (Å²) in [5.41, 5.74) is 0. The van der Waals surface area contributed by atoms with Crippen LogP contribution in [-0.4, -0.2) is 24.6 Å². The normalized spacial score (nSPS) is 32.2. The van der Waals surface area contributed by atoms with Crippen molar-refractivity contribution in [2.75, 3.05) is 6.61 Å². The van der Waals surface area contributed by atoms with Gasteiger partial charge in [-0.15, -0.1) is 0 Å². The predicted molar refractivity (Wildman–Crippen MR) is 79.5 cm³/mol. The molecule has 2 rings (SSSR count). The van der Waals surface area contributed by atoms with Gasteiger partial charge in [-0.2, -0.15) is 0 Å². The van der Waals surface area contributed by atoms with Crippen molar-refractivity contribution in [3.8, 4) is 0 Å². The van der Waals surface area contributed by atoms with E-state index in [2.05, 4.69) is 0 Å². The summed E-state index contributed by atoms with van der Waals surface area (Å²) in [5.74, 6) is 0.688. The first kappa shape index (κ1) is 16.3. The second kappa shape index (κ2) is 6.80. The third-order valence-corrected chi connectivity index (χ3v) is 4.90. The monoisotopic (exact) mass is 296 g/mol. The summed E-state index contributed by atoms with van der Waals surface area (Å²) in [6, 6.07) is 0. The summed E-state index contributed by atoms with van der Waals surface area (Å²) in [7, 11) is 0. The van der Waals surface area contributed by atoms with Crippen LogP contribution in [0.5, 0.6) is 0 Å². The van der Waals surface area contributed by atoms with Gasteiger partial charge >= 0.3 is 11.9 Å². The zero-order valence-electron chi connectivity index (χ0n) is 13.6. The summed E-state index contributed by atoms with van der Waals surface area (Å²) >= 11 is 0. The highest BCUT2D eigenvalue weighted by molar-refractivity contribution is 5.74. The Kier molecular flexibility index (Phi) is 5.28. The molecule has 0 heterocycles. The lowest BCUT2D eigenvalue weighted by Crippen LogP contribution is -2.35. The topological polar surface area (TPSA) is 52.6 Å². The molecule has 0 radical (unpaired) electrons. The van der Waals surface area contributed by atoms with E-state index in [1.807, 2.05) is 27.7 Å². The molecule has 0 N–H and O–H groups in total. The van der Waals surface area contributed by atoms with Crippen molar-refractivity contribution in [3.63, 3.8) is 0 Å². The number of hydrogen-bond donors (Lipinski definition) is 0. The van der Waals surface area contributed by atoms with Crippen molar-refractivity contribution in [1.82, 2.24) is 0 Å². The van der Waals surface area contributed by atoms with Crippen molar-refractivity contribution < 1.29 is 19.1 Å². The second-order valence-corrected chi connectivity index (χ2v) is 7.15. The molecule has 2 aliphatic rings. The number of hydrogen-bond acceptors (Lipinski definition) is 4. The Morgan fingerprint density at radius 2 is 1.86 bits per heavy atom. The van der Waals surface area contributed by atoms with E-state index in [9.17, 15) is 9.59 Å². The van der Waals surface area contributed by atoms with Crippen LogP contribution in [0, 0.1) is 29.6 Å². The Labute approximate surface area is 127 Å². The third-order valence-electron chi connectivity index (χ3n) is 4.90. The maximum Gasteiger partial charge on any atom is 0.309 e. The highest BCUT2D eigenvalue weighted by atomic mass is 16.5. The van der Waals surface area contributed by atoms with Gasteiger partial charge in [0.1, 0.15) is 6.10 Å². The van der Waals surface area contributed by atoms with Crippen molar-refractivity contribution in [2.45, 2.75) is 59.5 Å². The molecule has 2 aliphatic carbocycles. The van der Waals surface area contributed by atoms with Crippen LogP contribution < -0.4 is 0 Å². The number of rotatable bonds is 6. The SMILES string of the molecule is CCC(C)C(=O)OC1CC2CC(C(=O)OCC(C)C)C1C2. The van der Waals surface area contributed by atoms with Gasteiger partial charge in [-0.3, -0.25) is 9.59 Å². The molecule has 0 aromatic carbocycles. The van der Waals surface area contributed by atoms with Crippen LogP contribution in [0.15, 0.2) is 0 Å². The molecule has 0 aliphatic heterocycles. The first-order chi connectivity index (χ1) is 9.92. The Morgan fingerprint density at radius 1 is 1.14 bits per heavy atom. The molecule has 2 bridgehead atoms. The molecular weight excluding hydrogens is 268 g/mol. The van der Waals surface area contributed by atoms with E-state index in [1.54, 1.807) is 0 Å². The van der Waals surface area contributed by atoms with Gasteiger partial charge in [0.2, 0.25) is 0 Å². The van der Waals surface area contributed by atoms with E-state index in [4.69, 9.17) is 9.47 Å². The van der Waals surface area contributed by atoms with Crippen LogP contribution in [-0.2, 0) is 19.1 Å². The number of carbonyl (C=O) groups is 2. The minimum absolute atomic E-state index is 0.0598. The van der Waals surface area contributed by atoms with Gasteiger partial charge in [-0.1, -0.05) is 27.7 Å². The van der Waals surface area contributed by atoms with E-state index in [1.165, 1.54) is 0 Å². The minimum Gasteiger partial charge on any atom is -0.465 e. The lowest BCUT2D eigenvalue weighted by Gasteiger charge is -2.28. The molecule has 4 heteroatoms. The van der Waals surface area contributed by atoms with Gasteiger partial charge in [0, 0.05) is 5.92 Å². The molecule has 5 unspecified atom stereocenters. The third kappa shape index (κ3) is 3.78. The van der Waals surface area contributed by atoms with Crippen molar-refractivity contribution in [3.05, 3.63) is 0 Å². The summed E-state index contributed by atoms with van der Waals surface area (Å²) < 4.78 is 11.0. The molecule has 2 saturated carbocycles. The van der Waals surface area contributed by atoms with Gasteiger partial charge in [-0.25, -0.2) is 0 Å². The van der Waals surface area contributed by atoms with E-state index >= 15 is 0 Å². The summed E-state index contributed by atoms with van der Waals surface area (Å²) in [6.07, 6.45) is 3.53. The summed E-state index contributed by atoms with van der Waals surface area (Å²) in [6.45, 7) is 8.42. The van der Waals surface area contributed by atoms with Gasteiger partial charge in [0.25, 0.3) is 0 Å². The highest BCUT2D eigenvalue weighted by Crippen LogP contribution is 2.50. The first-order valence-corrected chi connectivity index (χ1v) is 8.29. The quantitative estimate of drug-likeness (QED) is 0.706. The van der Waals surface area contributed by atoms with Gasteiger partial charge in [0.15, 0.2) is 0 Å². The average Bonchev–Trinajstić information content (AvgIpc) is 3.03. The molecule has 0 spiro atoms. The van der Waals surface area contributed by atoms with Crippen molar-refractivity contribution in [2.24, 2.45) is 29.6 Å². The van der Waals surface area contributed by atoms with E-state index < -0.39 is 0 Å². The molecule has 0 saturated heterocycles. The fourth-order valence-corrected chi connectivity index (χ4v) is 3.48. The Bertz CT molecular complexity index is 390. The smallest absolute Gasteiger partial charge is 0.309 e. The zero-order valence-corrected chi connectivity index (χ0v) is 13.6. The molecule has 2 fully saturated rings. The lowest BCUT2D eigenvalue weighted by atomic mass is 9.86. The molecule has 120 valence electrons.